The van der Waals surface area contributed by atoms with E-state index < -0.39 is 0 Å². The molecule has 1 aromatic rings. The van der Waals surface area contributed by atoms with E-state index in [2.05, 4.69) is 33.4 Å². The number of nitrogens with one attached hydrogen (secondary N) is 1. The monoisotopic (exact) mass is 297 g/mol. The second-order valence-electron chi connectivity index (χ2n) is 4.08. The van der Waals surface area contributed by atoms with Crippen molar-refractivity contribution >= 4 is 21.9 Å². The van der Waals surface area contributed by atoms with Crippen LogP contribution in [0.5, 0.6) is 0 Å². The van der Waals surface area contributed by atoms with Crippen LogP contribution in [-0.2, 0) is 16.0 Å². The average Bonchev–Trinajstić information content (AvgIpc) is 2.72. The first-order valence-corrected chi connectivity index (χ1v) is 6.68. The van der Waals surface area contributed by atoms with Gasteiger partial charge in [-0.15, -0.1) is 0 Å². The van der Waals surface area contributed by atoms with E-state index in [1.54, 1.807) is 0 Å². The Kier molecular flexibility index (Phi) is 4.18. The molecule has 1 aliphatic rings. The predicted molar refractivity (Wildman–Crippen MR) is 69.8 cm³/mol. The Labute approximate surface area is 110 Å². The molecule has 0 spiro atoms. The quantitative estimate of drug-likeness (QED) is 0.868. The summed E-state index contributed by atoms with van der Waals surface area (Å²) in [6, 6.07) is 6.49. The van der Waals surface area contributed by atoms with Gasteiger partial charge >= 0.3 is 5.97 Å². The van der Waals surface area contributed by atoms with E-state index in [0.29, 0.717) is 6.61 Å². The molecule has 0 aliphatic heterocycles. The molecule has 1 aliphatic carbocycles. The maximum absolute atomic E-state index is 11.3. The molecule has 1 atom stereocenters. The highest BCUT2D eigenvalue weighted by molar-refractivity contribution is 9.10. The summed E-state index contributed by atoms with van der Waals surface area (Å²) in [5.41, 5.74) is 2.65. The zero-order chi connectivity index (χ0) is 12.3. The number of hydrogen-bond acceptors (Lipinski definition) is 3. The van der Waals surface area contributed by atoms with Crippen LogP contribution in [0, 0.1) is 0 Å². The molecule has 17 heavy (non-hydrogen) atoms. The first kappa shape index (κ1) is 12.6. The summed E-state index contributed by atoms with van der Waals surface area (Å²) in [7, 11) is 0. The maximum atomic E-state index is 11.3. The minimum absolute atomic E-state index is 0.184. The van der Waals surface area contributed by atoms with Crippen LogP contribution in [0.1, 0.15) is 30.5 Å². The number of halogens is 1. The second-order valence-corrected chi connectivity index (χ2v) is 4.94. The molecule has 0 fully saturated rings. The van der Waals surface area contributed by atoms with Gasteiger partial charge in [-0.05, 0) is 37.0 Å². The zero-order valence-electron chi connectivity index (χ0n) is 9.83. The van der Waals surface area contributed by atoms with Crippen molar-refractivity contribution in [2.75, 3.05) is 13.2 Å². The number of benzene rings is 1. The van der Waals surface area contributed by atoms with Gasteiger partial charge in [-0.2, -0.15) is 0 Å². The van der Waals surface area contributed by atoms with Crippen LogP contribution in [0.2, 0.25) is 0 Å². The molecule has 0 heterocycles. The van der Waals surface area contributed by atoms with Crippen LogP contribution < -0.4 is 5.32 Å². The molecule has 0 bridgehead atoms. The number of carbonyl (C=O) groups is 1. The number of fused-ring (bicyclic) bond motifs is 1. The Balaban J connectivity index is 1.98. The molecule has 0 radical (unpaired) electrons. The van der Waals surface area contributed by atoms with E-state index in [4.69, 9.17) is 4.74 Å². The van der Waals surface area contributed by atoms with Gasteiger partial charge in [0.25, 0.3) is 0 Å². The fourth-order valence-electron chi connectivity index (χ4n) is 2.24. The molecule has 3 nitrogen and oxygen atoms in total. The van der Waals surface area contributed by atoms with E-state index in [-0.39, 0.29) is 18.6 Å². The first-order valence-electron chi connectivity index (χ1n) is 5.88. The molecule has 92 valence electrons. The lowest BCUT2D eigenvalue weighted by atomic mass is 10.1. The number of carbonyl (C=O) groups excluding carboxylic acids is 1. The van der Waals surface area contributed by atoms with Gasteiger partial charge in [-0.25, -0.2) is 0 Å². The molecule has 0 aromatic heterocycles. The lowest BCUT2D eigenvalue weighted by Crippen LogP contribution is -2.27. The van der Waals surface area contributed by atoms with E-state index >= 15 is 0 Å². The standard InChI is InChI=1S/C13H16BrNO2/c1-2-17-13(16)8-15-12-7-6-9-10(12)4-3-5-11(9)14/h3-5,12,15H,2,6-8H2,1H3. The maximum Gasteiger partial charge on any atom is 0.319 e. The van der Waals surface area contributed by atoms with Crippen molar-refractivity contribution in [3.8, 4) is 0 Å². The van der Waals surface area contributed by atoms with Crippen molar-refractivity contribution in [2.24, 2.45) is 0 Å². The summed E-state index contributed by atoms with van der Waals surface area (Å²) in [5.74, 6) is -0.184. The third-order valence-electron chi connectivity index (χ3n) is 3.01. The Morgan fingerprint density at radius 1 is 1.59 bits per heavy atom. The highest BCUT2D eigenvalue weighted by atomic mass is 79.9. The smallest absolute Gasteiger partial charge is 0.319 e. The summed E-state index contributed by atoms with van der Waals surface area (Å²) < 4.78 is 6.07. The molecule has 1 aromatic carbocycles. The van der Waals surface area contributed by atoms with Gasteiger partial charge in [0.1, 0.15) is 0 Å². The summed E-state index contributed by atoms with van der Waals surface area (Å²) >= 11 is 3.56. The number of esters is 1. The highest BCUT2D eigenvalue weighted by Crippen LogP contribution is 2.35. The minimum Gasteiger partial charge on any atom is -0.465 e. The molecular weight excluding hydrogens is 282 g/mol. The summed E-state index contributed by atoms with van der Waals surface area (Å²) in [6.07, 6.45) is 2.09. The van der Waals surface area contributed by atoms with Gasteiger partial charge in [0, 0.05) is 10.5 Å². The van der Waals surface area contributed by atoms with E-state index in [1.807, 2.05) is 13.0 Å². The van der Waals surface area contributed by atoms with Crippen LogP contribution in [0.25, 0.3) is 0 Å². The van der Waals surface area contributed by atoms with Crippen molar-refractivity contribution < 1.29 is 9.53 Å². The fourth-order valence-corrected chi connectivity index (χ4v) is 2.82. The molecule has 0 saturated heterocycles. The minimum atomic E-state index is -0.184. The lowest BCUT2D eigenvalue weighted by molar-refractivity contribution is -0.142. The highest BCUT2D eigenvalue weighted by Gasteiger charge is 2.23. The molecule has 0 saturated carbocycles. The molecule has 2 rings (SSSR count). The molecular formula is C13H16BrNO2. The van der Waals surface area contributed by atoms with Crippen molar-refractivity contribution in [1.82, 2.24) is 5.32 Å². The fraction of sp³-hybridized carbons (Fsp3) is 0.462. The van der Waals surface area contributed by atoms with E-state index in [0.717, 1.165) is 17.3 Å². The third-order valence-corrected chi connectivity index (χ3v) is 3.75. The first-order chi connectivity index (χ1) is 8.22. The van der Waals surface area contributed by atoms with Crippen LogP contribution in [0.3, 0.4) is 0 Å². The largest absolute Gasteiger partial charge is 0.465 e. The SMILES string of the molecule is CCOC(=O)CNC1CCc2c(Br)cccc21. The van der Waals surface area contributed by atoms with Crippen LogP contribution in [0.15, 0.2) is 22.7 Å². The Morgan fingerprint density at radius 3 is 3.18 bits per heavy atom. The molecule has 1 N–H and O–H groups in total. The zero-order valence-corrected chi connectivity index (χ0v) is 11.4. The number of hydrogen-bond donors (Lipinski definition) is 1. The van der Waals surface area contributed by atoms with E-state index in [9.17, 15) is 4.79 Å². The predicted octanol–water partition coefficient (Wildman–Crippen LogP) is 2.59. The van der Waals surface area contributed by atoms with Gasteiger partial charge in [0.15, 0.2) is 0 Å². The van der Waals surface area contributed by atoms with Crippen LogP contribution >= 0.6 is 15.9 Å². The van der Waals surface area contributed by atoms with E-state index in [1.165, 1.54) is 11.1 Å². The van der Waals surface area contributed by atoms with Gasteiger partial charge in [-0.1, -0.05) is 28.1 Å². The summed E-state index contributed by atoms with van der Waals surface area (Å²) in [6.45, 7) is 2.54. The Bertz CT molecular complexity index is 420. The second kappa shape index (κ2) is 5.65. The van der Waals surface area contributed by atoms with Gasteiger partial charge in [0.2, 0.25) is 0 Å². The van der Waals surface area contributed by atoms with Gasteiger partial charge < -0.3 is 10.1 Å². The lowest BCUT2D eigenvalue weighted by Gasteiger charge is -2.13. The number of rotatable bonds is 4. The average molecular weight is 298 g/mol. The van der Waals surface area contributed by atoms with Crippen molar-refractivity contribution in [1.29, 1.82) is 0 Å². The third kappa shape index (κ3) is 2.87. The van der Waals surface area contributed by atoms with Gasteiger partial charge in [0.05, 0.1) is 13.2 Å². The van der Waals surface area contributed by atoms with Gasteiger partial charge in [-0.3, -0.25) is 4.79 Å². The van der Waals surface area contributed by atoms with Crippen LogP contribution in [0.4, 0.5) is 0 Å². The van der Waals surface area contributed by atoms with Crippen molar-refractivity contribution in [3.63, 3.8) is 0 Å². The Morgan fingerprint density at radius 2 is 2.41 bits per heavy atom. The molecule has 1 unspecified atom stereocenters. The molecule has 4 heteroatoms. The Hall–Kier alpha value is -0.870. The number of ether oxygens (including phenoxy) is 1. The van der Waals surface area contributed by atoms with Crippen molar-refractivity contribution in [3.05, 3.63) is 33.8 Å². The topological polar surface area (TPSA) is 38.3 Å². The molecule has 0 amide bonds. The summed E-state index contributed by atoms with van der Waals surface area (Å²) in [4.78, 5) is 11.3. The van der Waals surface area contributed by atoms with Crippen molar-refractivity contribution in [2.45, 2.75) is 25.8 Å². The summed E-state index contributed by atoms with van der Waals surface area (Å²) in [5, 5.41) is 3.25. The van der Waals surface area contributed by atoms with Crippen LogP contribution in [-0.4, -0.2) is 19.1 Å². The normalized spacial score (nSPS) is 17.9.